The number of nitrogens with zero attached hydrogens (tertiary/aromatic N) is 2. The van der Waals surface area contributed by atoms with Gasteiger partial charge in [0.25, 0.3) is 5.89 Å². The van der Waals surface area contributed by atoms with Crippen LogP contribution in [0.4, 0.5) is 0 Å². The van der Waals surface area contributed by atoms with Crippen LogP contribution in [0.3, 0.4) is 0 Å². The number of aromatic hydroxyl groups is 1. The molecule has 2 heterocycles. The fourth-order valence-electron chi connectivity index (χ4n) is 2.08. The van der Waals surface area contributed by atoms with Crippen molar-refractivity contribution in [2.45, 2.75) is 12.3 Å². The molecule has 1 saturated heterocycles. The number of phenols is 1. The second kappa shape index (κ2) is 4.89. The van der Waals surface area contributed by atoms with Gasteiger partial charge < -0.3 is 19.1 Å². The molecule has 1 fully saturated rings. The molecule has 3 rings (SSSR count). The van der Waals surface area contributed by atoms with Crippen LogP contribution in [0.25, 0.3) is 11.5 Å². The number of hydrogen-bond donors (Lipinski definition) is 1. The fraction of sp³-hybridized carbons (Fsp3) is 0.385. The molecule has 6 heteroatoms. The minimum absolute atomic E-state index is 0.0453. The van der Waals surface area contributed by atoms with E-state index in [-0.39, 0.29) is 11.7 Å². The Morgan fingerprint density at radius 1 is 1.42 bits per heavy atom. The van der Waals surface area contributed by atoms with E-state index in [4.69, 9.17) is 14.0 Å². The van der Waals surface area contributed by atoms with Crippen molar-refractivity contribution in [1.29, 1.82) is 0 Å². The average molecular weight is 262 g/mol. The van der Waals surface area contributed by atoms with Crippen molar-refractivity contribution in [2.24, 2.45) is 0 Å². The van der Waals surface area contributed by atoms with Crippen molar-refractivity contribution < 1.29 is 19.1 Å². The molecule has 0 saturated carbocycles. The van der Waals surface area contributed by atoms with E-state index in [1.165, 1.54) is 7.11 Å². The summed E-state index contributed by atoms with van der Waals surface area (Å²) in [6.07, 6.45) is 0.910. The van der Waals surface area contributed by atoms with Gasteiger partial charge in [-0.1, -0.05) is 5.16 Å². The molecule has 0 unspecified atom stereocenters. The smallest absolute Gasteiger partial charge is 0.258 e. The summed E-state index contributed by atoms with van der Waals surface area (Å²) < 4.78 is 15.5. The first-order valence-electron chi connectivity index (χ1n) is 6.06. The summed E-state index contributed by atoms with van der Waals surface area (Å²) in [6, 6.07) is 4.97. The second-order valence-electron chi connectivity index (χ2n) is 4.40. The normalized spacial score (nSPS) is 18.7. The first-order valence-corrected chi connectivity index (χ1v) is 6.06. The summed E-state index contributed by atoms with van der Waals surface area (Å²) >= 11 is 0. The summed E-state index contributed by atoms with van der Waals surface area (Å²) in [5.41, 5.74) is 0.663. The van der Waals surface area contributed by atoms with Gasteiger partial charge in [0.05, 0.1) is 13.7 Å². The zero-order valence-electron chi connectivity index (χ0n) is 10.5. The maximum Gasteiger partial charge on any atom is 0.258 e. The lowest BCUT2D eigenvalue weighted by Gasteiger charge is -2.03. The zero-order chi connectivity index (χ0) is 13.2. The van der Waals surface area contributed by atoms with Crippen molar-refractivity contribution >= 4 is 0 Å². The van der Waals surface area contributed by atoms with Crippen LogP contribution in [0.15, 0.2) is 22.7 Å². The van der Waals surface area contributed by atoms with Crippen molar-refractivity contribution in [3.63, 3.8) is 0 Å². The maximum absolute atomic E-state index is 9.74. The molecular formula is C13H14N2O4. The Labute approximate surface area is 110 Å². The molecule has 6 nitrogen and oxygen atoms in total. The Kier molecular flexibility index (Phi) is 3.08. The van der Waals surface area contributed by atoms with Crippen molar-refractivity contribution in [3.8, 4) is 23.0 Å². The van der Waals surface area contributed by atoms with Crippen LogP contribution in [0.5, 0.6) is 11.5 Å². The molecule has 0 bridgehead atoms. The highest BCUT2D eigenvalue weighted by Crippen LogP contribution is 2.31. The molecule has 100 valence electrons. The lowest BCUT2D eigenvalue weighted by Crippen LogP contribution is -1.99. The third-order valence-corrected chi connectivity index (χ3v) is 3.16. The van der Waals surface area contributed by atoms with E-state index in [9.17, 15) is 5.11 Å². The van der Waals surface area contributed by atoms with E-state index in [0.29, 0.717) is 29.6 Å². The zero-order valence-corrected chi connectivity index (χ0v) is 10.5. The van der Waals surface area contributed by atoms with Gasteiger partial charge in [0.1, 0.15) is 0 Å². The lowest BCUT2D eigenvalue weighted by atomic mass is 10.1. The average Bonchev–Trinajstić information content (AvgIpc) is 3.09. The molecule has 0 spiro atoms. The third-order valence-electron chi connectivity index (χ3n) is 3.16. The standard InChI is InChI=1S/C13H14N2O4/c1-17-11-3-2-8(6-10(11)16)13-14-12(15-19-13)9-4-5-18-7-9/h2-3,6,9,16H,4-5,7H2,1H3/t9-/m1/s1. The van der Waals surface area contributed by atoms with Crippen LogP contribution >= 0.6 is 0 Å². The van der Waals surface area contributed by atoms with E-state index < -0.39 is 0 Å². The first-order chi connectivity index (χ1) is 9.28. The highest BCUT2D eigenvalue weighted by molar-refractivity contribution is 5.59. The summed E-state index contributed by atoms with van der Waals surface area (Å²) in [7, 11) is 1.50. The maximum atomic E-state index is 9.74. The van der Waals surface area contributed by atoms with Crippen molar-refractivity contribution in [2.75, 3.05) is 20.3 Å². The molecule has 19 heavy (non-hydrogen) atoms. The summed E-state index contributed by atoms with van der Waals surface area (Å²) in [6.45, 7) is 1.37. The molecule has 1 atom stereocenters. The largest absolute Gasteiger partial charge is 0.504 e. The van der Waals surface area contributed by atoms with Gasteiger partial charge in [-0.3, -0.25) is 0 Å². The van der Waals surface area contributed by atoms with Crippen LogP contribution in [0.1, 0.15) is 18.2 Å². The highest BCUT2D eigenvalue weighted by Gasteiger charge is 2.23. The van der Waals surface area contributed by atoms with Gasteiger partial charge in [-0.25, -0.2) is 0 Å². The monoisotopic (exact) mass is 262 g/mol. The van der Waals surface area contributed by atoms with Crippen molar-refractivity contribution in [3.05, 3.63) is 24.0 Å². The van der Waals surface area contributed by atoms with E-state index >= 15 is 0 Å². The Hall–Kier alpha value is -2.08. The molecule has 2 aromatic rings. The van der Waals surface area contributed by atoms with Gasteiger partial charge in [-0.2, -0.15) is 4.98 Å². The van der Waals surface area contributed by atoms with Crippen LogP contribution in [0.2, 0.25) is 0 Å². The predicted molar refractivity (Wildman–Crippen MR) is 66.1 cm³/mol. The summed E-state index contributed by atoms with van der Waals surface area (Å²) in [5.74, 6) is 1.70. The number of phenolic OH excluding ortho intramolecular Hbond substituents is 1. The van der Waals surface area contributed by atoms with Crippen LogP contribution in [0, 0.1) is 0 Å². The number of ether oxygens (including phenoxy) is 2. The molecule has 1 aliphatic heterocycles. The van der Waals surface area contributed by atoms with Crippen LogP contribution in [-0.4, -0.2) is 35.6 Å². The van der Waals surface area contributed by atoms with E-state index in [1.807, 2.05) is 0 Å². The molecule has 1 aromatic heterocycles. The minimum Gasteiger partial charge on any atom is -0.504 e. The quantitative estimate of drug-likeness (QED) is 0.911. The Morgan fingerprint density at radius 3 is 3.00 bits per heavy atom. The van der Waals surface area contributed by atoms with Crippen LogP contribution in [-0.2, 0) is 4.74 Å². The Balaban J connectivity index is 1.87. The minimum atomic E-state index is 0.0453. The van der Waals surface area contributed by atoms with Gasteiger partial charge >= 0.3 is 0 Å². The van der Waals surface area contributed by atoms with Crippen molar-refractivity contribution in [1.82, 2.24) is 10.1 Å². The van der Waals surface area contributed by atoms with E-state index in [0.717, 1.165) is 13.0 Å². The van der Waals surface area contributed by atoms with Gasteiger partial charge in [0, 0.05) is 18.1 Å². The van der Waals surface area contributed by atoms with Gasteiger partial charge in [0.15, 0.2) is 17.3 Å². The lowest BCUT2D eigenvalue weighted by molar-refractivity contribution is 0.192. The molecule has 1 aliphatic rings. The molecule has 1 N–H and O–H groups in total. The third kappa shape index (κ3) is 2.26. The topological polar surface area (TPSA) is 77.6 Å². The SMILES string of the molecule is COc1ccc(-c2nc([C@@H]3CCOC3)no2)cc1O. The number of methoxy groups -OCH3 is 1. The van der Waals surface area contributed by atoms with E-state index in [1.54, 1.807) is 18.2 Å². The number of benzene rings is 1. The summed E-state index contributed by atoms with van der Waals surface area (Å²) in [4.78, 5) is 4.35. The second-order valence-corrected chi connectivity index (χ2v) is 4.40. The van der Waals surface area contributed by atoms with Crippen LogP contribution < -0.4 is 4.74 Å². The molecule has 1 aromatic carbocycles. The number of rotatable bonds is 3. The first kappa shape index (κ1) is 12.0. The Bertz CT molecular complexity index is 576. The van der Waals surface area contributed by atoms with Gasteiger partial charge in [-0.15, -0.1) is 0 Å². The molecule has 0 radical (unpaired) electrons. The fourth-order valence-corrected chi connectivity index (χ4v) is 2.08. The van der Waals surface area contributed by atoms with Gasteiger partial charge in [-0.05, 0) is 24.6 Å². The van der Waals surface area contributed by atoms with E-state index in [2.05, 4.69) is 10.1 Å². The number of aromatic nitrogens is 2. The molecule has 0 amide bonds. The molecular weight excluding hydrogens is 248 g/mol. The summed E-state index contributed by atoms with van der Waals surface area (Å²) in [5, 5.41) is 13.7. The molecule has 0 aliphatic carbocycles. The Morgan fingerprint density at radius 2 is 2.32 bits per heavy atom. The predicted octanol–water partition coefficient (Wildman–Crippen LogP) is 1.95. The van der Waals surface area contributed by atoms with Gasteiger partial charge in [0.2, 0.25) is 0 Å². The number of hydrogen-bond acceptors (Lipinski definition) is 6. The highest BCUT2D eigenvalue weighted by atomic mass is 16.5.